The number of alkyl halides is 3. The van der Waals surface area contributed by atoms with Crippen molar-refractivity contribution < 1.29 is 18.0 Å². The largest absolute Gasteiger partial charge is 0.416 e. The number of urea groups is 1. The van der Waals surface area contributed by atoms with Crippen LogP contribution in [-0.2, 0) is 12.7 Å². The Bertz CT molecular complexity index is 1220. The van der Waals surface area contributed by atoms with Crippen molar-refractivity contribution >= 4 is 34.1 Å². The Morgan fingerprint density at radius 1 is 1.11 bits per heavy atom. The average molecular weight is 521 g/mol. The Labute approximate surface area is 210 Å². The minimum Gasteiger partial charge on any atom is -0.357 e. The lowest BCUT2D eigenvalue weighted by Gasteiger charge is -2.33. The number of halogens is 3. The number of aromatic nitrogens is 3. The molecule has 0 radical (unpaired) electrons. The predicted molar refractivity (Wildman–Crippen MR) is 134 cm³/mol. The second-order valence-electron chi connectivity index (χ2n) is 8.48. The zero-order valence-electron chi connectivity index (χ0n) is 20.1. The molecular formula is C23H27F3N8OS. The van der Waals surface area contributed by atoms with Gasteiger partial charge in [0.2, 0.25) is 5.95 Å². The molecule has 9 nitrogen and oxygen atoms in total. The third kappa shape index (κ3) is 6.28. The molecule has 3 heterocycles. The molecule has 36 heavy (non-hydrogen) atoms. The molecule has 1 saturated heterocycles. The number of carbonyl (C=O) groups excluding carboxylic acids is 1. The van der Waals surface area contributed by atoms with Crippen LogP contribution in [0.4, 0.5) is 34.7 Å². The molecule has 0 aliphatic carbocycles. The van der Waals surface area contributed by atoms with Crippen LogP contribution in [0.2, 0.25) is 0 Å². The quantitative estimate of drug-likeness (QED) is 0.444. The SMILES string of the molecule is CNc1nccc(-c2sc(NC(=O)Nc3ccc(CN4CCN(C)CC4)c(C(F)(F)F)c3)nc2C)n1. The van der Waals surface area contributed by atoms with Crippen LogP contribution < -0.4 is 16.0 Å². The molecule has 1 fully saturated rings. The van der Waals surface area contributed by atoms with Gasteiger partial charge in [0.25, 0.3) is 0 Å². The summed E-state index contributed by atoms with van der Waals surface area (Å²) in [5.74, 6) is 0.448. The molecule has 1 aliphatic rings. The van der Waals surface area contributed by atoms with E-state index in [0.717, 1.165) is 24.0 Å². The van der Waals surface area contributed by atoms with Gasteiger partial charge in [-0.15, -0.1) is 0 Å². The first-order valence-electron chi connectivity index (χ1n) is 11.3. The maximum absolute atomic E-state index is 13.8. The molecule has 3 aromatic rings. The topological polar surface area (TPSA) is 98.3 Å². The summed E-state index contributed by atoms with van der Waals surface area (Å²) < 4.78 is 41.4. The van der Waals surface area contributed by atoms with Gasteiger partial charge in [-0.1, -0.05) is 17.4 Å². The summed E-state index contributed by atoms with van der Waals surface area (Å²) in [5, 5.41) is 8.25. The van der Waals surface area contributed by atoms with Gasteiger partial charge in [0, 0.05) is 51.7 Å². The van der Waals surface area contributed by atoms with Crippen LogP contribution >= 0.6 is 11.3 Å². The van der Waals surface area contributed by atoms with Crippen LogP contribution in [0, 0.1) is 6.92 Å². The molecule has 192 valence electrons. The van der Waals surface area contributed by atoms with Crippen molar-refractivity contribution in [2.45, 2.75) is 19.6 Å². The lowest BCUT2D eigenvalue weighted by atomic mass is 10.0. The second-order valence-corrected chi connectivity index (χ2v) is 9.48. The molecular weight excluding hydrogens is 493 g/mol. The summed E-state index contributed by atoms with van der Waals surface area (Å²) in [6.45, 7) is 5.02. The van der Waals surface area contributed by atoms with Gasteiger partial charge < -0.3 is 15.5 Å². The Balaban J connectivity index is 1.46. The molecule has 2 amide bonds. The fraction of sp³-hybridized carbons (Fsp3) is 0.391. The van der Waals surface area contributed by atoms with Crippen LogP contribution in [0.25, 0.3) is 10.6 Å². The molecule has 0 atom stereocenters. The maximum Gasteiger partial charge on any atom is 0.416 e. The number of piperazine rings is 1. The van der Waals surface area contributed by atoms with E-state index in [1.807, 2.05) is 11.9 Å². The standard InChI is InChI=1S/C23H27F3N8OS/c1-14-19(18-6-7-28-20(27-2)31-18)36-22(29-14)32-21(35)30-16-5-4-15(17(12-16)23(24,25)26)13-34-10-8-33(3)9-11-34/h4-7,12H,8-11,13H2,1-3H3,(H,27,28,31)(H2,29,30,32,35). The molecule has 3 N–H and O–H groups in total. The lowest BCUT2D eigenvalue weighted by Crippen LogP contribution is -2.44. The number of nitrogens with one attached hydrogen (secondary N) is 3. The lowest BCUT2D eigenvalue weighted by molar-refractivity contribution is -0.138. The number of rotatable bonds is 6. The molecule has 0 spiro atoms. The van der Waals surface area contributed by atoms with Crippen molar-refractivity contribution in [2.24, 2.45) is 0 Å². The highest BCUT2D eigenvalue weighted by Crippen LogP contribution is 2.35. The highest BCUT2D eigenvalue weighted by molar-refractivity contribution is 7.19. The highest BCUT2D eigenvalue weighted by Gasteiger charge is 2.34. The number of aryl methyl sites for hydroxylation is 1. The fourth-order valence-electron chi connectivity index (χ4n) is 3.86. The molecule has 1 aliphatic heterocycles. The maximum atomic E-state index is 13.8. The van der Waals surface area contributed by atoms with E-state index < -0.39 is 17.8 Å². The number of anilines is 3. The number of benzene rings is 1. The first kappa shape index (κ1) is 25.8. The van der Waals surface area contributed by atoms with Crippen LogP contribution in [0.15, 0.2) is 30.5 Å². The van der Waals surface area contributed by atoms with Crippen LogP contribution in [0.3, 0.4) is 0 Å². The number of likely N-dealkylation sites (N-methyl/N-ethyl adjacent to an activating group) is 1. The molecule has 1 aromatic carbocycles. The van der Waals surface area contributed by atoms with Gasteiger partial charge in [0.05, 0.1) is 21.8 Å². The summed E-state index contributed by atoms with van der Waals surface area (Å²) in [7, 11) is 3.70. The van der Waals surface area contributed by atoms with E-state index in [9.17, 15) is 18.0 Å². The second kappa shape index (κ2) is 10.8. The smallest absolute Gasteiger partial charge is 0.357 e. The fourth-order valence-corrected chi connectivity index (χ4v) is 4.79. The van der Waals surface area contributed by atoms with E-state index in [1.165, 1.54) is 23.5 Å². The van der Waals surface area contributed by atoms with Crippen molar-refractivity contribution in [3.63, 3.8) is 0 Å². The molecule has 0 unspecified atom stereocenters. The van der Waals surface area contributed by atoms with Crippen LogP contribution in [0.5, 0.6) is 0 Å². The van der Waals surface area contributed by atoms with Crippen LogP contribution in [0.1, 0.15) is 16.8 Å². The van der Waals surface area contributed by atoms with Crippen molar-refractivity contribution in [1.29, 1.82) is 0 Å². The van der Waals surface area contributed by atoms with Gasteiger partial charge in [0.1, 0.15) is 0 Å². The number of nitrogens with zero attached hydrogens (tertiary/aromatic N) is 5. The van der Waals surface area contributed by atoms with E-state index in [2.05, 4.69) is 35.8 Å². The average Bonchev–Trinajstić information content (AvgIpc) is 3.20. The molecule has 0 saturated carbocycles. The Hall–Kier alpha value is -3.29. The van der Waals surface area contributed by atoms with Gasteiger partial charge in [-0.05, 0) is 37.7 Å². The van der Waals surface area contributed by atoms with E-state index in [-0.39, 0.29) is 17.8 Å². The Kier molecular flexibility index (Phi) is 7.71. The van der Waals surface area contributed by atoms with Crippen molar-refractivity contribution in [2.75, 3.05) is 56.2 Å². The number of thiazole rings is 1. The van der Waals surface area contributed by atoms with E-state index in [0.29, 0.717) is 35.6 Å². The molecule has 2 aromatic heterocycles. The Morgan fingerprint density at radius 3 is 2.56 bits per heavy atom. The summed E-state index contributed by atoms with van der Waals surface area (Å²) in [6, 6.07) is 4.93. The summed E-state index contributed by atoms with van der Waals surface area (Å²) >= 11 is 1.21. The zero-order valence-corrected chi connectivity index (χ0v) is 20.9. The third-order valence-corrected chi connectivity index (χ3v) is 6.89. The van der Waals surface area contributed by atoms with E-state index in [4.69, 9.17) is 0 Å². The monoisotopic (exact) mass is 520 g/mol. The number of hydrogen-bond donors (Lipinski definition) is 3. The minimum atomic E-state index is -4.54. The number of amides is 2. The predicted octanol–water partition coefficient (Wildman–Crippen LogP) is 4.36. The summed E-state index contributed by atoms with van der Waals surface area (Å²) in [4.78, 5) is 30.2. The molecule has 13 heteroatoms. The highest BCUT2D eigenvalue weighted by atomic mass is 32.1. The Morgan fingerprint density at radius 2 is 1.86 bits per heavy atom. The first-order valence-corrected chi connectivity index (χ1v) is 12.1. The minimum absolute atomic E-state index is 0.0462. The van der Waals surface area contributed by atoms with Gasteiger partial charge in [-0.25, -0.2) is 19.7 Å². The first-order chi connectivity index (χ1) is 17.1. The van der Waals surface area contributed by atoms with E-state index in [1.54, 1.807) is 26.2 Å². The normalized spacial score (nSPS) is 15.1. The number of carbonyl (C=O) groups is 1. The zero-order chi connectivity index (χ0) is 25.9. The van der Waals surface area contributed by atoms with Crippen molar-refractivity contribution in [3.8, 4) is 10.6 Å². The third-order valence-electron chi connectivity index (χ3n) is 5.79. The molecule has 4 rings (SSSR count). The number of hydrogen-bond acceptors (Lipinski definition) is 8. The summed E-state index contributed by atoms with van der Waals surface area (Å²) in [6.07, 6.45) is -2.93. The van der Waals surface area contributed by atoms with Crippen molar-refractivity contribution in [3.05, 3.63) is 47.3 Å². The molecule has 0 bridgehead atoms. The van der Waals surface area contributed by atoms with Gasteiger partial charge >= 0.3 is 12.2 Å². The van der Waals surface area contributed by atoms with Gasteiger partial charge in [0.15, 0.2) is 5.13 Å². The summed E-state index contributed by atoms with van der Waals surface area (Å²) in [5.41, 5.74) is 0.775. The van der Waals surface area contributed by atoms with Gasteiger partial charge in [-0.3, -0.25) is 10.2 Å². The van der Waals surface area contributed by atoms with Gasteiger partial charge in [-0.2, -0.15) is 13.2 Å². The van der Waals surface area contributed by atoms with Crippen LogP contribution in [-0.4, -0.2) is 71.1 Å². The van der Waals surface area contributed by atoms with E-state index >= 15 is 0 Å². The van der Waals surface area contributed by atoms with Crippen molar-refractivity contribution in [1.82, 2.24) is 24.8 Å².